The Morgan fingerprint density at radius 1 is 1.36 bits per heavy atom. The summed E-state index contributed by atoms with van der Waals surface area (Å²) in [6.45, 7) is 0.363. The molecule has 4 heteroatoms. The predicted octanol–water partition coefficient (Wildman–Crippen LogP) is 1.50. The molecule has 0 amide bonds. The van der Waals surface area contributed by atoms with Crippen LogP contribution in [0.25, 0.3) is 0 Å². The normalized spacial score (nSPS) is 13.3. The fourth-order valence-corrected chi connectivity index (χ4v) is 1.19. The topological polar surface area (TPSA) is 50.7 Å². The van der Waals surface area contributed by atoms with Crippen molar-refractivity contribution in [2.75, 3.05) is 5.32 Å². The second kappa shape index (κ2) is 3.74. The molecular weight excluding hydrogens is 180 g/mol. The minimum atomic E-state index is 0.321. The quantitative estimate of drug-likeness (QED) is 0.715. The number of nitrogens with one attached hydrogen (secondary N) is 1. The summed E-state index contributed by atoms with van der Waals surface area (Å²) >= 11 is 0. The molecule has 70 valence electrons. The molecule has 14 heavy (non-hydrogen) atoms. The molecule has 1 aromatic rings. The van der Waals surface area contributed by atoms with Crippen molar-refractivity contribution in [3.8, 4) is 0 Å². The Hall–Kier alpha value is -2.10. The summed E-state index contributed by atoms with van der Waals surface area (Å²) in [6.07, 6.45) is 3.15. The van der Waals surface area contributed by atoms with Crippen LogP contribution in [0.3, 0.4) is 0 Å². The molecule has 1 aromatic carbocycles. The maximum atomic E-state index is 10.1. The van der Waals surface area contributed by atoms with Gasteiger partial charge in [-0.15, -0.1) is 0 Å². The number of nitrogens with zero attached hydrogens (tertiary/aromatic N) is 1. The lowest BCUT2D eigenvalue weighted by Gasteiger charge is -2.07. The van der Waals surface area contributed by atoms with Gasteiger partial charge < -0.3 is 10.1 Å². The lowest BCUT2D eigenvalue weighted by Crippen LogP contribution is -2.03. The van der Waals surface area contributed by atoms with Crippen molar-refractivity contribution in [2.24, 2.45) is 4.99 Å². The number of rotatable bonds is 2. The Kier molecular flexibility index (Phi) is 2.27. The van der Waals surface area contributed by atoms with Gasteiger partial charge in [0.15, 0.2) is 0 Å². The first-order chi connectivity index (χ1) is 6.90. The van der Waals surface area contributed by atoms with Crippen LogP contribution >= 0.6 is 0 Å². The van der Waals surface area contributed by atoms with Gasteiger partial charge >= 0.3 is 0 Å². The van der Waals surface area contributed by atoms with Gasteiger partial charge in [-0.1, -0.05) is 18.2 Å². The Balaban J connectivity index is 2.32. The number of carbonyl (C=O) groups is 1. The monoisotopic (exact) mass is 188 g/mol. The van der Waals surface area contributed by atoms with E-state index in [-0.39, 0.29) is 0 Å². The first-order valence-corrected chi connectivity index (χ1v) is 4.10. The number of carbonyl (C=O) groups excluding carboxylic acids is 1. The van der Waals surface area contributed by atoms with Crippen molar-refractivity contribution in [1.29, 1.82) is 0 Å². The number of aliphatic imine (C=N–C) groups is 1. The molecule has 0 spiro atoms. The molecule has 2 rings (SSSR count). The molecule has 0 saturated carbocycles. The number of ether oxygens (including phenoxy) is 1. The molecule has 0 unspecified atom stereocenters. The molecule has 1 heterocycles. The zero-order valence-electron chi connectivity index (χ0n) is 7.31. The van der Waals surface area contributed by atoms with Gasteiger partial charge in [-0.2, -0.15) is 0 Å². The highest BCUT2D eigenvalue weighted by atomic mass is 16.5. The van der Waals surface area contributed by atoms with Gasteiger partial charge in [-0.05, 0) is 6.07 Å². The minimum Gasteiger partial charge on any atom is -0.410 e. The van der Waals surface area contributed by atoms with Gasteiger partial charge in [-0.25, -0.2) is 0 Å². The van der Waals surface area contributed by atoms with Crippen molar-refractivity contribution in [3.63, 3.8) is 0 Å². The number of hydrogen-bond donors (Lipinski definition) is 1. The minimum absolute atomic E-state index is 0.321. The second-order valence-electron chi connectivity index (χ2n) is 2.70. The van der Waals surface area contributed by atoms with Crippen molar-refractivity contribution in [2.45, 2.75) is 0 Å². The highest BCUT2D eigenvalue weighted by Gasteiger charge is 2.05. The molecule has 1 aliphatic heterocycles. The average molecular weight is 188 g/mol. The molecule has 0 atom stereocenters. The van der Waals surface area contributed by atoms with Crippen LogP contribution in [0.15, 0.2) is 41.3 Å². The number of benzene rings is 1. The van der Waals surface area contributed by atoms with Crippen LogP contribution in [0.4, 0.5) is 5.69 Å². The fraction of sp³-hybridized carbons (Fsp3) is 0. The molecule has 0 aliphatic carbocycles. The number of hydrogen-bond acceptors (Lipinski definition) is 4. The van der Waals surface area contributed by atoms with E-state index in [0.717, 1.165) is 11.3 Å². The third-order valence-corrected chi connectivity index (χ3v) is 1.80. The summed E-state index contributed by atoms with van der Waals surface area (Å²) in [7, 11) is 0. The van der Waals surface area contributed by atoms with Gasteiger partial charge in [0.1, 0.15) is 0 Å². The highest BCUT2D eigenvalue weighted by Crippen LogP contribution is 2.17. The van der Waals surface area contributed by atoms with E-state index in [1.165, 1.54) is 6.20 Å². The average Bonchev–Trinajstić information content (AvgIpc) is 2.40. The molecule has 0 radical (unpaired) electrons. The maximum absolute atomic E-state index is 10.1. The van der Waals surface area contributed by atoms with E-state index in [1.807, 2.05) is 24.3 Å². The van der Waals surface area contributed by atoms with Gasteiger partial charge in [0.2, 0.25) is 5.88 Å². The highest BCUT2D eigenvalue weighted by molar-refractivity contribution is 5.89. The zero-order valence-corrected chi connectivity index (χ0v) is 7.31. The summed E-state index contributed by atoms with van der Waals surface area (Å²) in [5.74, 6) is 0.321. The van der Waals surface area contributed by atoms with Crippen LogP contribution in [0, 0.1) is 0 Å². The van der Waals surface area contributed by atoms with E-state index < -0.39 is 0 Å². The standard InChI is InChI=1S/C10H8N2O2/c13-7-14-10-6-11-5-8-3-1-2-4-9(8)12-10/h1-7,12H. The van der Waals surface area contributed by atoms with Gasteiger partial charge in [0.25, 0.3) is 6.47 Å². The fourth-order valence-electron chi connectivity index (χ4n) is 1.19. The van der Waals surface area contributed by atoms with Crippen LogP contribution in [0.2, 0.25) is 0 Å². The molecule has 1 N–H and O–H groups in total. The van der Waals surface area contributed by atoms with Crippen LogP contribution in [-0.4, -0.2) is 12.7 Å². The van der Waals surface area contributed by atoms with Crippen molar-refractivity contribution in [1.82, 2.24) is 0 Å². The van der Waals surface area contributed by atoms with E-state index in [9.17, 15) is 4.79 Å². The maximum Gasteiger partial charge on any atom is 0.299 e. The third kappa shape index (κ3) is 1.64. The number of para-hydroxylation sites is 1. The van der Waals surface area contributed by atoms with Gasteiger partial charge in [0, 0.05) is 17.5 Å². The first-order valence-electron chi connectivity index (χ1n) is 4.10. The van der Waals surface area contributed by atoms with Gasteiger partial charge in [0.05, 0.1) is 6.20 Å². The lowest BCUT2D eigenvalue weighted by molar-refractivity contribution is -0.124. The Labute approximate surface area is 80.9 Å². The van der Waals surface area contributed by atoms with Crippen LogP contribution in [0.1, 0.15) is 5.56 Å². The molecule has 0 saturated heterocycles. The van der Waals surface area contributed by atoms with Crippen molar-refractivity contribution < 1.29 is 9.53 Å². The molecule has 4 nitrogen and oxygen atoms in total. The van der Waals surface area contributed by atoms with E-state index in [2.05, 4.69) is 15.0 Å². The summed E-state index contributed by atoms with van der Waals surface area (Å²) in [5.41, 5.74) is 1.81. The van der Waals surface area contributed by atoms with Crippen LogP contribution in [0.5, 0.6) is 0 Å². The summed E-state index contributed by atoms with van der Waals surface area (Å²) in [4.78, 5) is 14.1. The van der Waals surface area contributed by atoms with E-state index >= 15 is 0 Å². The van der Waals surface area contributed by atoms with E-state index in [4.69, 9.17) is 0 Å². The molecule has 0 aromatic heterocycles. The Morgan fingerprint density at radius 3 is 3.07 bits per heavy atom. The smallest absolute Gasteiger partial charge is 0.299 e. The summed E-state index contributed by atoms with van der Waals surface area (Å²) in [5, 5.41) is 2.94. The van der Waals surface area contributed by atoms with Gasteiger partial charge in [-0.3, -0.25) is 9.79 Å². The Morgan fingerprint density at radius 2 is 2.21 bits per heavy atom. The second-order valence-corrected chi connectivity index (χ2v) is 2.70. The first kappa shape index (κ1) is 8.50. The van der Waals surface area contributed by atoms with Crippen LogP contribution < -0.4 is 5.32 Å². The predicted molar refractivity (Wildman–Crippen MR) is 52.9 cm³/mol. The molecule has 0 bridgehead atoms. The van der Waals surface area contributed by atoms with E-state index in [1.54, 1.807) is 6.21 Å². The largest absolute Gasteiger partial charge is 0.410 e. The number of fused-ring (bicyclic) bond motifs is 1. The SMILES string of the molecule is O=COC1=CN=Cc2ccccc2N1. The third-order valence-electron chi connectivity index (χ3n) is 1.80. The van der Waals surface area contributed by atoms with E-state index in [0.29, 0.717) is 12.4 Å². The number of anilines is 1. The summed E-state index contributed by atoms with van der Waals surface area (Å²) in [6, 6.07) is 7.61. The summed E-state index contributed by atoms with van der Waals surface area (Å²) < 4.78 is 4.68. The molecule has 0 fully saturated rings. The van der Waals surface area contributed by atoms with Crippen molar-refractivity contribution >= 4 is 18.4 Å². The van der Waals surface area contributed by atoms with Crippen LogP contribution in [-0.2, 0) is 9.53 Å². The Bertz CT molecular complexity index is 410. The lowest BCUT2D eigenvalue weighted by atomic mass is 10.2. The molecule has 1 aliphatic rings. The zero-order chi connectivity index (χ0) is 9.80. The van der Waals surface area contributed by atoms with Crippen molar-refractivity contribution in [3.05, 3.63) is 41.9 Å². The molecular formula is C10H8N2O2.